The number of aryl methyl sites for hydroxylation is 1. The third-order valence-electron chi connectivity index (χ3n) is 6.22. The SMILES string of the molecule is Cc1ncc(C(=O)N[C@@]2(c3ccccc3)CCN(Cc3[nH]nc4ccccc34)C[C@H]2O)s1. The molecule has 8 heteroatoms. The zero-order valence-electron chi connectivity index (χ0n) is 17.8. The Morgan fingerprint density at radius 1 is 1.25 bits per heavy atom. The molecule has 0 saturated carbocycles. The van der Waals surface area contributed by atoms with Gasteiger partial charge in [0.15, 0.2) is 0 Å². The minimum absolute atomic E-state index is 0.202. The van der Waals surface area contributed by atoms with Gasteiger partial charge in [-0.25, -0.2) is 4.98 Å². The Hall–Kier alpha value is -3.07. The molecular formula is C24H25N5O2S. The molecule has 1 amide bonds. The smallest absolute Gasteiger partial charge is 0.263 e. The van der Waals surface area contributed by atoms with Crippen LogP contribution >= 0.6 is 11.3 Å². The van der Waals surface area contributed by atoms with E-state index in [9.17, 15) is 9.90 Å². The normalized spacial score (nSPS) is 21.6. The molecule has 1 aliphatic heterocycles. The Kier molecular flexibility index (Phi) is 5.50. The van der Waals surface area contributed by atoms with Crippen molar-refractivity contribution in [3.05, 3.63) is 81.9 Å². The highest BCUT2D eigenvalue weighted by molar-refractivity contribution is 7.13. The summed E-state index contributed by atoms with van der Waals surface area (Å²) >= 11 is 1.36. The Morgan fingerprint density at radius 3 is 2.78 bits per heavy atom. The maximum Gasteiger partial charge on any atom is 0.263 e. The number of likely N-dealkylation sites (tertiary alicyclic amines) is 1. The van der Waals surface area contributed by atoms with Crippen LogP contribution in [0.4, 0.5) is 0 Å². The fraction of sp³-hybridized carbons (Fsp3) is 0.292. The van der Waals surface area contributed by atoms with Gasteiger partial charge in [-0.1, -0.05) is 48.5 Å². The average molecular weight is 448 g/mol. The third-order valence-corrected chi connectivity index (χ3v) is 7.13. The fourth-order valence-electron chi connectivity index (χ4n) is 4.52. The molecule has 2 aromatic heterocycles. The van der Waals surface area contributed by atoms with Crippen LogP contribution in [-0.4, -0.2) is 50.3 Å². The lowest BCUT2D eigenvalue weighted by Crippen LogP contribution is -2.61. The van der Waals surface area contributed by atoms with Crippen molar-refractivity contribution in [1.29, 1.82) is 0 Å². The van der Waals surface area contributed by atoms with E-state index in [-0.39, 0.29) is 5.91 Å². The van der Waals surface area contributed by atoms with Crippen LogP contribution in [0, 0.1) is 6.92 Å². The van der Waals surface area contributed by atoms with E-state index in [4.69, 9.17) is 0 Å². The maximum atomic E-state index is 13.1. The quantitative estimate of drug-likeness (QED) is 0.437. The number of amides is 1. The van der Waals surface area contributed by atoms with E-state index < -0.39 is 11.6 Å². The summed E-state index contributed by atoms with van der Waals surface area (Å²) in [6.07, 6.45) is 1.41. The van der Waals surface area contributed by atoms with Gasteiger partial charge in [-0.3, -0.25) is 14.8 Å². The van der Waals surface area contributed by atoms with Gasteiger partial charge < -0.3 is 10.4 Å². The first-order chi connectivity index (χ1) is 15.5. The highest BCUT2D eigenvalue weighted by Crippen LogP contribution is 2.35. The van der Waals surface area contributed by atoms with Crippen molar-refractivity contribution in [3.63, 3.8) is 0 Å². The summed E-state index contributed by atoms with van der Waals surface area (Å²) in [4.78, 5) is 20.0. The van der Waals surface area contributed by atoms with E-state index in [0.29, 0.717) is 24.4 Å². The monoisotopic (exact) mass is 447 g/mol. The van der Waals surface area contributed by atoms with E-state index in [0.717, 1.165) is 33.7 Å². The number of para-hydroxylation sites is 1. The number of aromatic amines is 1. The number of piperidine rings is 1. The minimum Gasteiger partial charge on any atom is -0.389 e. The van der Waals surface area contributed by atoms with Gasteiger partial charge in [-0.2, -0.15) is 5.10 Å². The molecule has 4 aromatic rings. The summed E-state index contributed by atoms with van der Waals surface area (Å²) in [6, 6.07) is 17.8. The summed E-state index contributed by atoms with van der Waals surface area (Å²) < 4.78 is 0. The molecule has 1 saturated heterocycles. The second-order valence-corrected chi connectivity index (χ2v) is 9.49. The zero-order chi connectivity index (χ0) is 22.1. The number of aromatic nitrogens is 3. The molecular weight excluding hydrogens is 422 g/mol. The van der Waals surface area contributed by atoms with Crippen molar-refractivity contribution in [2.75, 3.05) is 13.1 Å². The molecule has 32 heavy (non-hydrogen) atoms. The van der Waals surface area contributed by atoms with Gasteiger partial charge in [-0.15, -0.1) is 11.3 Å². The van der Waals surface area contributed by atoms with E-state index in [1.54, 1.807) is 6.20 Å². The van der Waals surface area contributed by atoms with Gasteiger partial charge in [0.1, 0.15) is 4.88 Å². The van der Waals surface area contributed by atoms with E-state index in [2.05, 4.69) is 31.5 Å². The number of nitrogens with one attached hydrogen (secondary N) is 2. The molecule has 0 bridgehead atoms. The molecule has 5 rings (SSSR count). The molecule has 3 heterocycles. The lowest BCUT2D eigenvalue weighted by molar-refractivity contribution is -0.0182. The van der Waals surface area contributed by atoms with Crippen LogP contribution in [0.1, 0.15) is 32.4 Å². The summed E-state index contributed by atoms with van der Waals surface area (Å²) in [5.74, 6) is -0.202. The number of fused-ring (bicyclic) bond motifs is 1. The number of hydrogen-bond donors (Lipinski definition) is 3. The number of rotatable bonds is 5. The number of β-amino-alcohol motifs (C(OH)–C–C–N with tert-alkyl or cyclic N) is 1. The molecule has 0 spiro atoms. The van der Waals surface area contributed by atoms with Gasteiger partial charge in [0.05, 0.1) is 34.1 Å². The van der Waals surface area contributed by atoms with Crippen LogP contribution in [0.2, 0.25) is 0 Å². The molecule has 164 valence electrons. The highest BCUT2D eigenvalue weighted by atomic mass is 32.1. The second-order valence-electron chi connectivity index (χ2n) is 8.26. The molecule has 0 aliphatic carbocycles. The molecule has 2 atom stereocenters. The van der Waals surface area contributed by atoms with Crippen molar-refractivity contribution in [2.45, 2.75) is 31.5 Å². The second kappa shape index (κ2) is 8.46. The lowest BCUT2D eigenvalue weighted by atomic mass is 9.78. The van der Waals surface area contributed by atoms with Gasteiger partial charge in [0, 0.05) is 25.0 Å². The van der Waals surface area contributed by atoms with Gasteiger partial charge in [0.25, 0.3) is 5.91 Å². The number of carbonyl (C=O) groups is 1. The molecule has 0 unspecified atom stereocenters. The van der Waals surface area contributed by atoms with Crippen LogP contribution in [-0.2, 0) is 12.1 Å². The number of aliphatic hydroxyl groups excluding tert-OH is 1. The lowest BCUT2D eigenvalue weighted by Gasteiger charge is -2.46. The molecule has 3 N–H and O–H groups in total. The maximum absolute atomic E-state index is 13.1. The molecule has 7 nitrogen and oxygen atoms in total. The standard InChI is InChI=1S/C24H25N5O2S/c1-16-25-13-21(32-16)23(31)26-24(17-7-3-2-4-8-17)11-12-29(15-22(24)30)14-20-18-9-5-6-10-19(18)27-28-20/h2-10,13,22,30H,11-12,14-15H2,1H3,(H,26,31)(H,27,28)/t22-,24-/m1/s1. The first-order valence-corrected chi connectivity index (χ1v) is 11.5. The van der Waals surface area contributed by atoms with Crippen LogP contribution in [0.15, 0.2) is 60.8 Å². The highest BCUT2D eigenvalue weighted by Gasteiger charge is 2.45. The average Bonchev–Trinajstić information content (AvgIpc) is 3.43. The summed E-state index contributed by atoms with van der Waals surface area (Å²) in [5.41, 5.74) is 2.02. The van der Waals surface area contributed by atoms with E-state index >= 15 is 0 Å². The number of H-pyrrole nitrogens is 1. The Morgan fingerprint density at radius 2 is 2.03 bits per heavy atom. The molecule has 2 aromatic carbocycles. The van der Waals surface area contributed by atoms with Crippen molar-refractivity contribution >= 4 is 28.1 Å². The predicted octanol–water partition coefficient (Wildman–Crippen LogP) is 3.22. The summed E-state index contributed by atoms with van der Waals surface area (Å²) in [6.45, 7) is 3.69. The van der Waals surface area contributed by atoms with Gasteiger partial charge >= 0.3 is 0 Å². The minimum atomic E-state index is -0.858. The Bertz CT molecular complexity index is 1240. The zero-order valence-corrected chi connectivity index (χ0v) is 18.6. The van der Waals surface area contributed by atoms with Crippen molar-refractivity contribution in [1.82, 2.24) is 25.4 Å². The summed E-state index contributed by atoms with van der Waals surface area (Å²) in [5, 5.41) is 24.0. The van der Waals surface area contributed by atoms with E-state index in [1.165, 1.54) is 11.3 Å². The van der Waals surface area contributed by atoms with Crippen LogP contribution in [0.25, 0.3) is 10.9 Å². The van der Waals surface area contributed by atoms with Gasteiger partial charge in [0.2, 0.25) is 0 Å². The molecule has 0 radical (unpaired) electrons. The van der Waals surface area contributed by atoms with Crippen LogP contribution in [0.5, 0.6) is 0 Å². The Balaban J connectivity index is 1.39. The number of nitrogens with zero attached hydrogens (tertiary/aromatic N) is 3. The molecule has 1 fully saturated rings. The van der Waals surface area contributed by atoms with E-state index in [1.807, 2.05) is 55.5 Å². The van der Waals surface area contributed by atoms with Crippen molar-refractivity contribution < 1.29 is 9.90 Å². The first kappa shape index (κ1) is 20.8. The van der Waals surface area contributed by atoms with Gasteiger partial charge in [-0.05, 0) is 25.0 Å². The van der Waals surface area contributed by atoms with Crippen molar-refractivity contribution in [3.8, 4) is 0 Å². The fourth-order valence-corrected chi connectivity index (χ4v) is 5.19. The largest absolute Gasteiger partial charge is 0.389 e. The van der Waals surface area contributed by atoms with Crippen molar-refractivity contribution in [2.24, 2.45) is 0 Å². The Labute approximate surface area is 190 Å². The predicted molar refractivity (Wildman–Crippen MR) is 124 cm³/mol. The number of benzene rings is 2. The topological polar surface area (TPSA) is 94.1 Å². The summed E-state index contributed by atoms with van der Waals surface area (Å²) in [7, 11) is 0. The molecule has 1 aliphatic rings. The van der Waals surface area contributed by atoms with Crippen LogP contribution < -0.4 is 5.32 Å². The third kappa shape index (κ3) is 3.81. The first-order valence-electron chi connectivity index (χ1n) is 10.7. The van der Waals surface area contributed by atoms with Crippen LogP contribution in [0.3, 0.4) is 0 Å². The number of thiazole rings is 1. The number of carbonyl (C=O) groups excluding carboxylic acids is 1. The number of hydrogen-bond acceptors (Lipinski definition) is 6. The number of aliphatic hydroxyl groups is 1.